The van der Waals surface area contributed by atoms with Crippen LogP contribution in [-0.4, -0.2) is 25.5 Å². The van der Waals surface area contributed by atoms with Crippen LogP contribution in [0.2, 0.25) is 0 Å². The fraction of sp³-hybridized carbons (Fsp3) is 0.192. The van der Waals surface area contributed by atoms with Gasteiger partial charge >= 0.3 is 35.5 Å². The summed E-state index contributed by atoms with van der Waals surface area (Å²) < 4.78 is 60.1. The minimum absolute atomic E-state index is 0. The van der Waals surface area contributed by atoms with Crippen molar-refractivity contribution >= 4 is 27.3 Å². The molecule has 0 spiro atoms. The second kappa shape index (κ2) is 12.5. The number of hydrogen-bond acceptors (Lipinski definition) is 9. The molecule has 0 aliphatic rings. The van der Waals surface area contributed by atoms with E-state index in [0.29, 0.717) is 39.4 Å². The largest absolute Gasteiger partial charge is 1.00 e. The predicted molar refractivity (Wildman–Crippen MR) is 129 cm³/mol. The topological polar surface area (TPSA) is 124 Å². The first-order valence-corrected chi connectivity index (χ1v) is 12.3. The number of aryl methyl sites for hydroxylation is 1. The number of furan rings is 1. The van der Waals surface area contributed by atoms with Crippen LogP contribution in [0.5, 0.6) is 17.2 Å². The number of esters is 1. The van der Waals surface area contributed by atoms with Crippen LogP contribution in [-0.2, 0) is 28.3 Å². The van der Waals surface area contributed by atoms with Crippen LogP contribution < -0.4 is 43.2 Å². The maximum absolute atomic E-state index is 12.5. The van der Waals surface area contributed by atoms with E-state index < -0.39 is 16.4 Å². The molecule has 0 unspecified atom stereocenters. The third-order valence-corrected chi connectivity index (χ3v) is 5.53. The van der Waals surface area contributed by atoms with E-state index in [0.717, 1.165) is 5.56 Å². The SMILES string of the molecule is CCOC(=O)c1c(C)oc2cc(OCc3ccccc3)c(OCc3cccc(OS(=O)(=O)[O-])c3)cc12.[Na+]. The number of carbonyl (C=O) groups excluding carboxylic acids is 1. The standard InChI is InChI=1S/C26H24O9S.Na/c1-3-31-26(27)25-17(2)34-22-14-24(32-15-18-8-5-4-6-9-18)23(13-21(22)25)33-16-19-10-7-11-20(12-19)35-36(28,29)30;/h4-14H,3,15-16H2,1-2H3,(H,28,29,30);/q;+1/p-1. The number of carbonyl (C=O) groups is 1. The van der Waals surface area contributed by atoms with Crippen molar-refractivity contribution in [3.05, 3.63) is 89.2 Å². The van der Waals surface area contributed by atoms with Gasteiger partial charge in [-0.3, -0.25) is 0 Å². The van der Waals surface area contributed by atoms with Gasteiger partial charge in [-0.2, -0.15) is 0 Å². The maximum atomic E-state index is 12.5. The summed E-state index contributed by atoms with van der Waals surface area (Å²) in [5, 5.41) is 0.502. The Bertz CT molecular complexity index is 1480. The van der Waals surface area contributed by atoms with E-state index in [4.69, 9.17) is 18.6 Å². The van der Waals surface area contributed by atoms with E-state index in [9.17, 15) is 17.8 Å². The van der Waals surface area contributed by atoms with Crippen molar-refractivity contribution in [3.63, 3.8) is 0 Å². The first-order chi connectivity index (χ1) is 17.2. The summed E-state index contributed by atoms with van der Waals surface area (Å²) in [7, 11) is -4.91. The minimum Gasteiger partial charge on any atom is -0.716 e. The van der Waals surface area contributed by atoms with Crippen LogP contribution in [0.25, 0.3) is 11.0 Å². The van der Waals surface area contributed by atoms with Gasteiger partial charge in [0.15, 0.2) is 11.5 Å². The van der Waals surface area contributed by atoms with Crippen LogP contribution in [0.3, 0.4) is 0 Å². The van der Waals surface area contributed by atoms with Crippen molar-refractivity contribution < 1.29 is 70.1 Å². The van der Waals surface area contributed by atoms with Crippen LogP contribution in [0.4, 0.5) is 0 Å². The van der Waals surface area contributed by atoms with Crippen molar-refractivity contribution in [3.8, 4) is 17.2 Å². The Labute approximate surface area is 236 Å². The van der Waals surface area contributed by atoms with E-state index in [2.05, 4.69) is 4.18 Å². The number of fused-ring (bicyclic) bond motifs is 1. The number of ether oxygens (including phenoxy) is 3. The Balaban J connectivity index is 0.00000380. The van der Waals surface area contributed by atoms with Crippen LogP contribution in [0.1, 0.15) is 34.2 Å². The van der Waals surface area contributed by atoms with Gasteiger partial charge < -0.3 is 27.4 Å². The van der Waals surface area contributed by atoms with Crippen molar-refractivity contribution in [1.29, 1.82) is 0 Å². The van der Waals surface area contributed by atoms with Gasteiger partial charge in [0.1, 0.15) is 35.9 Å². The molecule has 0 amide bonds. The van der Waals surface area contributed by atoms with Gasteiger partial charge in [0.05, 0.1) is 6.61 Å². The van der Waals surface area contributed by atoms with Crippen molar-refractivity contribution in [2.45, 2.75) is 27.1 Å². The zero-order chi connectivity index (χ0) is 25.7. The van der Waals surface area contributed by atoms with E-state index in [1.165, 1.54) is 18.2 Å². The van der Waals surface area contributed by atoms with Gasteiger partial charge in [-0.15, -0.1) is 0 Å². The van der Waals surface area contributed by atoms with E-state index in [1.54, 1.807) is 32.0 Å². The molecule has 0 aliphatic heterocycles. The minimum atomic E-state index is -4.91. The summed E-state index contributed by atoms with van der Waals surface area (Å²) >= 11 is 0. The molecule has 4 aromatic rings. The Morgan fingerprint density at radius 2 is 1.57 bits per heavy atom. The fourth-order valence-electron chi connectivity index (χ4n) is 3.61. The molecule has 37 heavy (non-hydrogen) atoms. The third-order valence-electron chi connectivity index (χ3n) is 5.14. The Kier molecular flexibility index (Phi) is 9.63. The van der Waals surface area contributed by atoms with Gasteiger partial charge in [-0.05, 0) is 43.2 Å². The molecule has 11 heteroatoms. The Morgan fingerprint density at radius 1 is 0.919 bits per heavy atom. The molecule has 188 valence electrons. The molecule has 0 bridgehead atoms. The summed E-state index contributed by atoms with van der Waals surface area (Å²) in [6, 6.07) is 18.8. The summed E-state index contributed by atoms with van der Waals surface area (Å²) in [5.41, 5.74) is 2.21. The molecule has 3 aromatic carbocycles. The molecule has 0 N–H and O–H groups in total. The zero-order valence-corrected chi connectivity index (χ0v) is 23.4. The first-order valence-electron chi connectivity index (χ1n) is 11.0. The summed E-state index contributed by atoms with van der Waals surface area (Å²) in [6.07, 6.45) is 0. The van der Waals surface area contributed by atoms with Crippen molar-refractivity contribution in [2.24, 2.45) is 0 Å². The fourth-order valence-corrected chi connectivity index (χ4v) is 3.95. The average molecular weight is 535 g/mol. The van der Waals surface area contributed by atoms with Gasteiger partial charge in [-0.25, -0.2) is 13.2 Å². The van der Waals surface area contributed by atoms with Gasteiger partial charge in [0.25, 0.3) is 10.4 Å². The van der Waals surface area contributed by atoms with Crippen LogP contribution >= 0.6 is 0 Å². The molecule has 1 aromatic heterocycles. The molecule has 0 atom stereocenters. The van der Waals surface area contributed by atoms with Crippen LogP contribution in [0, 0.1) is 6.92 Å². The van der Waals surface area contributed by atoms with E-state index in [1.807, 2.05) is 30.3 Å². The molecule has 0 radical (unpaired) electrons. The van der Waals surface area contributed by atoms with E-state index >= 15 is 0 Å². The maximum Gasteiger partial charge on any atom is 1.00 e. The molecule has 9 nitrogen and oxygen atoms in total. The molecule has 4 rings (SSSR count). The summed E-state index contributed by atoms with van der Waals surface area (Å²) in [4.78, 5) is 12.5. The Hall–Kier alpha value is -3.02. The number of rotatable bonds is 10. The third kappa shape index (κ3) is 7.50. The molecule has 0 aliphatic carbocycles. The first kappa shape index (κ1) is 28.5. The molecule has 1 heterocycles. The number of hydrogen-bond donors (Lipinski definition) is 0. The van der Waals surface area contributed by atoms with Gasteiger partial charge in [0, 0.05) is 11.5 Å². The normalized spacial score (nSPS) is 11.0. The second-order valence-electron chi connectivity index (χ2n) is 7.75. The quantitative estimate of drug-likeness (QED) is 0.130. The second-order valence-corrected chi connectivity index (χ2v) is 8.73. The molecule has 0 fully saturated rings. The van der Waals surface area contributed by atoms with E-state index in [-0.39, 0.29) is 55.1 Å². The summed E-state index contributed by atoms with van der Waals surface area (Å²) in [5.74, 6) is 0.467. The van der Waals surface area contributed by atoms with Crippen molar-refractivity contribution in [2.75, 3.05) is 6.61 Å². The van der Waals surface area contributed by atoms with Crippen molar-refractivity contribution in [1.82, 2.24) is 0 Å². The Morgan fingerprint density at radius 3 is 2.24 bits per heavy atom. The smallest absolute Gasteiger partial charge is 0.716 e. The number of benzene rings is 3. The molecule has 0 saturated carbocycles. The average Bonchev–Trinajstić information content (AvgIpc) is 3.15. The molecular weight excluding hydrogens is 511 g/mol. The summed E-state index contributed by atoms with van der Waals surface area (Å²) in [6.45, 7) is 3.86. The van der Waals surface area contributed by atoms with Gasteiger partial charge in [0.2, 0.25) is 0 Å². The monoisotopic (exact) mass is 534 g/mol. The van der Waals surface area contributed by atoms with Gasteiger partial charge in [-0.1, -0.05) is 42.5 Å². The zero-order valence-electron chi connectivity index (χ0n) is 20.6. The molecular formula is C26H23NaO9S. The predicted octanol–water partition coefficient (Wildman–Crippen LogP) is 1.92. The molecule has 0 saturated heterocycles. The van der Waals surface area contributed by atoms with Crippen LogP contribution in [0.15, 0.2) is 71.1 Å².